The molecule has 32 nitrogen and oxygen atoms in total. The summed E-state index contributed by atoms with van der Waals surface area (Å²) < 4.78 is 35.2. The SMILES string of the molecule is O=C1OC[C@H]2OC(=O)c3cc(O)c(O)c(O)c3-c3c(O)c(O)c(O)c4c3C(=O)O[C@H]([C@H]3OC(=O)c5c-4c(O)c(O)c(O)c5[C@@H]3c3c(O)cc4c(c3O)C[C@@H](O)[C@H](c3cc(O)c(O)c(O)c3)O4)[C@@H]2OC(=O)c2c(cc(O)c(O)c2O)-c2c1cc(O)c(O)c2O. The predicted molar refractivity (Wildman–Crippen MR) is 277 cm³/mol. The molecule has 32 heteroatoms. The standard InChI is InChI=1S/C56H38O32/c57-14-7-21-10(3-20(63)48(84-21)9-1-15(58)35(65)16(59)2-9)34(64)26(14)31-30-33-29(44(74)47(77)45(30)75)28-32-27(42(72)46(76)43(28)73)24-13(6-19(62)37(67)40(24)70)53(79)85-22-8-83-52(78)12-5-18(61)36(66)39(69)23(12)11-4-17(60)38(68)41(71)25(11)54(80)86-49(22)51(88-56(32)82)50(31)87-55(33)81/h1-2,4-7,20,22,31,48-51,57-77H,3,8H2/t20-,22-,31+,48+,49-,50+,51+/m1/s1. The Balaban J connectivity index is 1.21. The molecule has 88 heavy (non-hydrogen) atoms. The molecule has 0 saturated carbocycles. The number of hydrogen-bond acceptors (Lipinski definition) is 32. The summed E-state index contributed by atoms with van der Waals surface area (Å²) in [4.78, 5) is 75.9. The van der Waals surface area contributed by atoms with Crippen molar-refractivity contribution >= 4 is 29.8 Å². The Morgan fingerprint density at radius 3 is 1.39 bits per heavy atom. The van der Waals surface area contributed by atoms with Gasteiger partial charge in [0.05, 0.1) is 34.3 Å². The van der Waals surface area contributed by atoms with Gasteiger partial charge < -0.3 is 136 Å². The maximum atomic E-state index is 15.8. The Hall–Kier alpha value is -12.4. The minimum Gasteiger partial charge on any atom is -0.507 e. The van der Waals surface area contributed by atoms with Crippen molar-refractivity contribution in [2.24, 2.45) is 0 Å². The molecular weight excluding hydrogens is 1180 g/mol. The molecule has 0 aromatic heterocycles. The van der Waals surface area contributed by atoms with Crippen LogP contribution in [0.5, 0.6) is 121 Å². The summed E-state index contributed by atoms with van der Waals surface area (Å²) in [6, 6.07) is 3.49. The molecule has 21 N–H and O–H groups in total. The zero-order valence-corrected chi connectivity index (χ0v) is 43.3. The fraction of sp³-hybridized carbons (Fsp3) is 0.161. The van der Waals surface area contributed by atoms with Crippen molar-refractivity contribution in [2.75, 3.05) is 6.61 Å². The number of aliphatic hydroxyl groups is 1. The van der Waals surface area contributed by atoms with Crippen LogP contribution in [0, 0.1) is 0 Å². The van der Waals surface area contributed by atoms with Gasteiger partial charge in [-0.25, -0.2) is 24.0 Å². The van der Waals surface area contributed by atoms with Crippen molar-refractivity contribution < 1.29 is 160 Å². The fourth-order valence-electron chi connectivity index (χ4n) is 11.6. The number of phenols is 20. The molecule has 6 bridgehead atoms. The molecule has 7 aromatic rings. The van der Waals surface area contributed by atoms with E-state index in [4.69, 9.17) is 28.4 Å². The average molecular weight is 1220 g/mol. The summed E-state index contributed by atoms with van der Waals surface area (Å²) in [5.41, 5.74) is -17.8. The molecule has 0 unspecified atom stereocenters. The average Bonchev–Trinajstić information content (AvgIpc) is 0.912. The number of carbonyl (C=O) groups is 5. The van der Waals surface area contributed by atoms with Gasteiger partial charge in [0.2, 0.25) is 28.7 Å². The Kier molecular flexibility index (Phi) is 12.2. The largest absolute Gasteiger partial charge is 0.507 e. The molecule has 6 heterocycles. The first-order valence-corrected chi connectivity index (χ1v) is 25.1. The maximum absolute atomic E-state index is 15.8. The van der Waals surface area contributed by atoms with E-state index in [0.717, 1.165) is 12.1 Å². The number of phenolic OH excluding ortho intramolecular Hbond substituents is 20. The van der Waals surface area contributed by atoms with Gasteiger partial charge in [0.1, 0.15) is 29.4 Å². The smallest absolute Gasteiger partial charge is 0.343 e. The van der Waals surface area contributed by atoms with Crippen LogP contribution in [-0.4, -0.2) is 174 Å². The van der Waals surface area contributed by atoms with Crippen molar-refractivity contribution in [2.45, 2.75) is 49.0 Å². The third-order valence-corrected chi connectivity index (χ3v) is 15.6. The number of fused-ring (bicyclic) bond motifs is 8. The summed E-state index contributed by atoms with van der Waals surface area (Å²) in [6.07, 6.45) is -16.0. The lowest BCUT2D eigenvalue weighted by molar-refractivity contribution is -0.135. The highest BCUT2D eigenvalue weighted by Crippen LogP contribution is 2.64. The van der Waals surface area contributed by atoms with Gasteiger partial charge in [-0.15, -0.1) is 0 Å². The van der Waals surface area contributed by atoms with Gasteiger partial charge in [0, 0.05) is 68.1 Å². The third-order valence-electron chi connectivity index (χ3n) is 15.6. The van der Waals surface area contributed by atoms with Crippen LogP contribution in [0.25, 0.3) is 33.4 Å². The molecule has 13 rings (SSSR count). The highest BCUT2D eigenvalue weighted by atomic mass is 16.6. The Morgan fingerprint density at radius 2 is 0.784 bits per heavy atom. The van der Waals surface area contributed by atoms with E-state index in [1.54, 1.807) is 0 Å². The van der Waals surface area contributed by atoms with Gasteiger partial charge in [0.15, 0.2) is 105 Å². The Labute approximate surface area is 484 Å². The first kappa shape index (κ1) is 56.1. The second kappa shape index (κ2) is 19.1. The van der Waals surface area contributed by atoms with Crippen molar-refractivity contribution in [1.29, 1.82) is 0 Å². The first-order chi connectivity index (χ1) is 41.5. The van der Waals surface area contributed by atoms with E-state index >= 15 is 19.2 Å². The molecule has 0 amide bonds. The number of esters is 5. The summed E-state index contributed by atoms with van der Waals surface area (Å²) in [5.74, 6) is -42.6. The lowest BCUT2D eigenvalue weighted by Gasteiger charge is -2.43. The molecule has 0 radical (unpaired) electrons. The summed E-state index contributed by atoms with van der Waals surface area (Å²) in [6.45, 7) is -1.65. The number of benzene rings is 7. The number of carbonyl (C=O) groups excluding carboxylic acids is 5. The predicted octanol–water partition coefficient (Wildman–Crippen LogP) is 2.98. The molecule has 0 fully saturated rings. The number of cyclic esters (lactones) is 1. The summed E-state index contributed by atoms with van der Waals surface area (Å²) in [5, 5.41) is 238. The Morgan fingerprint density at radius 1 is 0.330 bits per heavy atom. The van der Waals surface area contributed by atoms with E-state index < -0.39 is 284 Å². The van der Waals surface area contributed by atoms with Crippen LogP contribution < -0.4 is 4.74 Å². The highest BCUT2D eigenvalue weighted by Gasteiger charge is 2.57. The Bertz CT molecular complexity index is 4390. The molecule has 6 aliphatic rings. The normalized spacial score (nSPS) is 20.8. The van der Waals surface area contributed by atoms with Crippen LogP contribution in [0.2, 0.25) is 0 Å². The van der Waals surface area contributed by atoms with Crippen LogP contribution in [0.1, 0.15) is 86.1 Å². The summed E-state index contributed by atoms with van der Waals surface area (Å²) in [7, 11) is 0. The third kappa shape index (κ3) is 7.70. The first-order valence-electron chi connectivity index (χ1n) is 25.1. The van der Waals surface area contributed by atoms with Gasteiger partial charge in [-0.2, -0.15) is 0 Å². The van der Waals surface area contributed by atoms with E-state index in [0.29, 0.717) is 18.2 Å². The molecule has 0 spiro atoms. The lowest BCUT2D eigenvalue weighted by Crippen LogP contribution is -2.56. The number of aliphatic hydroxyl groups excluding tert-OH is 1. The zero-order chi connectivity index (χ0) is 63.6. The van der Waals surface area contributed by atoms with Gasteiger partial charge in [0.25, 0.3) is 0 Å². The molecule has 7 aromatic carbocycles. The fourth-order valence-corrected chi connectivity index (χ4v) is 11.6. The second-order valence-corrected chi connectivity index (χ2v) is 20.4. The molecule has 6 aliphatic heterocycles. The lowest BCUT2D eigenvalue weighted by atomic mass is 9.73. The molecule has 0 aliphatic carbocycles. The highest BCUT2D eigenvalue weighted by molar-refractivity contribution is 6.17. The van der Waals surface area contributed by atoms with Gasteiger partial charge in [-0.1, -0.05) is 0 Å². The monoisotopic (exact) mass is 1220 g/mol. The maximum Gasteiger partial charge on any atom is 0.343 e. The summed E-state index contributed by atoms with van der Waals surface area (Å²) >= 11 is 0. The van der Waals surface area contributed by atoms with Crippen LogP contribution in [-0.2, 0) is 30.1 Å². The molecular formula is C56H38O32. The van der Waals surface area contributed by atoms with E-state index in [9.17, 15) is 112 Å². The number of hydrogen-bond donors (Lipinski definition) is 21. The van der Waals surface area contributed by atoms with E-state index in [1.165, 1.54) is 0 Å². The number of ether oxygens (including phenoxy) is 6. The van der Waals surface area contributed by atoms with Crippen LogP contribution >= 0.6 is 0 Å². The quantitative estimate of drug-likeness (QED) is 0.0672. The van der Waals surface area contributed by atoms with Gasteiger partial charge >= 0.3 is 29.8 Å². The zero-order valence-electron chi connectivity index (χ0n) is 43.3. The second-order valence-electron chi connectivity index (χ2n) is 20.4. The van der Waals surface area contributed by atoms with Crippen LogP contribution in [0.15, 0.2) is 36.4 Å². The minimum absolute atomic E-state index is 0.215. The number of rotatable bonds is 2. The van der Waals surface area contributed by atoms with Crippen LogP contribution in [0.4, 0.5) is 0 Å². The van der Waals surface area contributed by atoms with Gasteiger partial charge in [-0.05, 0) is 30.3 Å². The van der Waals surface area contributed by atoms with Crippen molar-refractivity contribution in [3.8, 4) is 154 Å². The number of aromatic hydroxyl groups is 20. The van der Waals surface area contributed by atoms with Gasteiger partial charge in [-0.3, -0.25) is 0 Å². The van der Waals surface area contributed by atoms with Crippen molar-refractivity contribution in [1.82, 2.24) is 0 Å². The van der Waals surface area contributed by atoms with E-state index in [-0.39, 0.29) is 11.6 Å². The van der Waals surface area contributed by atoms with Crippen molar-refractivity contribution in [3.05, 3.63) is 86.5 Å². The molecule has 7 atom stereocenters. The van der Waals surface area contributed by atoms with Crippen LogP contribution in [0.3, 0.4) is 0 Å². The molecule has 454 valence electrons. The molecule has 0 saturated heterocycles. The minimum atomic E-state index is -3.06. The van der Waals surface area contributed by atoms with E-state index in [1.807, 2.05) is 0 Å². The van der Waals surface area contributed by atoms with Crippen molar-refractivity contribution in [3.63, 3.8) is 0 Å². The van der Waals surface area contributed by atoms with E-state index in [2.05, 4.69) is 0 Å². The topological polar surface area (TPSA) is 566 Å².